The molecule has 0 N–H and O–H groups in total. The molecule has 2 rings (SSSR count). The average molecular weight is 136 g/mol. The summed E-state index contributed by atoms with van der Waals surface area (Å²) in [5, 5.41) is 0. The molecule has 10 heavy (non-hydrogen) atoms. The maximum Gasteiger partial charge on any atom is -0.00148 e. The molecule has 0 radical (unpaired) electrons. The fraction of sp³-hybridized carbons (Fsp3) is 0.800. The molecule has 0 heteroatoms. The third-order valence-electron chi connectivity index (χ3n) is 3.02. The van der Waals surface area contributed by atoms with Gasteiger partial charge in [0.25, 0.3) is 0 Å². The van der Waals surface area contributed by atoms with Crippen LogP contribution in [0.5, 0.6) is 0 Å². The minimum atomic E-state index is 0.952. The lowest BCUT2D eigenvalue weighted by atomic mass is 9.81. The van der Waals surface area contributed by atoms with Crippen LogP contribution in [-0.4, -0.2) is 0 Å². The van der Waals surface area contributed by atoms with Gasteiger partial charge in [0.05, 0.1) is 0 Å². The van der Waals surface area contributed by atoms with Crippen LogP contribution in [0.2, 0.25) is 0 Å². The van der Waals surface area contributed by atoms with Crippen molar-refractivity contribution >= 4 is 0 Å². The van der Waals surface area contributed by atoms with Crippen molar-refractivity contribution in [3.8, 4) is 0 Å². The monoisotopic (exact) mass is 136 g/mol. The normalized spacial score (nSPS) is 44.2. The lowest BCUT2D eigenvalue weighted by Gasteiger charge is -2.24. The number of hydrogen-bond donors (Lipinski definition) is 0. The largest absolute Gasteiger partial charge is 0.0772 e. The highest BCUT2D eigenvalue weighted by Crippen LogP contribution is 2.48. The average Bonchev–Trinajstić information content (AvgIpc) is 2.64. The third-order valence-corrected chi connectivity index (χ3v) is 3.02. The highest BCUT2D eigenvalue weighted by molar-refractivity contribution is 5.33. The van der Waals surface area contributed by atoms with E-state index in [9.17, 15) is 0 Å². The first-order valence-corrected chi connectivity index (χ1v) is 4.53. The summed E-state index contributed by atoms with van der Waals surface area (Å²) in [7, 11) is 0. The Morgan fingerprint density at radius 2 is 2.30 bits per heavy atom. The van der Waals surface area contributed by atoms with Crippen molar-refractivity contribution < 1.29 is 0 Å². The summed E-state index contributed by atoms with van der Waals surface area (Å²) in [5.41, 5.74) is 1.79. The van der Waals surface area contributed by atoms with Gasteiger partial charge in [-0.3, -0.25) is 0 Å². The lowest BCUT2D eigenvalue weighted by Crippen LogP contribution is -2.13. The summed E-state index contributed by atoms with van der Waals surface area (Å²) in [4.78, 5) is 0. The van der Waals surface area contributed by atoms with Gasteiger partial charge in [0.15, 0.2) is 0 Å². The Morgan fingerprint density at radius 1 is 1.50 bits per heavy atom. The molecule has 0 spiro atoms. The second-order valence-electron chi connectivity index (χ2n) is 3.95. The molecule has 1 fully saturated rings. The van der Waals surface area contributed by atoms with Crippen LogP contribution in [0.1, 0.15) is 33.1 Å². The van der Waals surface area contributed by atoms with Crippen LogP contribution >= 0.6 is 0 Å². The van der Waals surface area contributed by atoms with Gasteiger partial charge < -0.3 is 0 Å². The molecular weight excluding hydrogens is 120 g/mol. The van der Waals surface area contributed by atoms with Gasteiger partial charge in [-0.1, -0.05) is 25.5 Å². The minimum absolute atomic E-state index is 0.952. The third kappa shape index (κ3) is 0.902. The summed E-state index contributed by atoms with van der Waals surface area (Å²) >= 11 is 0. The Labute approximate surface area is 63.3 Å². The molecule has 0 amide bonds. The van der Waals surface area contributed by atoms with Gasteiger partial charge in [-0.15, -0.1) is 0 Å². The van der Waals surface area contributed by atoms with Crippen molar-refractivity contribution in [3.63, 3.8) is 0 Å². The molecule has 56 valence electrons. The summed E-state index contributed by atoms with van der Waals surface area (Å²) in [6.45, 7) is 4.71. The van der Waals surface area contributed by atoms with E-state index in [0.717, 1.165) is 17.8 Å². The Kier molecular flexibility index (Phi) is 1.36. The highest BCUT2D eigenvalue weighted by Gasteiger charge is 2.36. The first kappa shape index (κ1) is 6.45. The van der Waals surface area contributed by atoms with Gasteiger partial charge in [-0.25, -0.2) is 0 Å². The van der Waals surface area contributed by atoms with E-state index in [0.29, 0.717) is 0 Å². The Balaban J connectivity index is 2.01. The smallest absolute Gasteiger partial charge is 0.00148 e. The van der Waals surface area contributed by atoms with E-state index in [1.54, 1.807) is 5.57 Å². The van der Waals surface area contributed by atoms with Gasteiger partial charge in [0, 0.05) is 0 Å². The first-order valence-electron chi connectivity index (χ1n) is 4.53. The lowest BCUT2D eigenvalue weighted by molar-refractivity contribution is 0.345. The topological polar surface area (TPSA) is 0 Å². The maximum absolute atomic E-state index is 2.48. The fourth-order valence-corrected chi connectivity index (χ4v) is 2.38. The molecule has 0 nitrogen and oxygen atoms in total. The van der Waals surface area contributed by atoms with Gasteiger partial charge in [-0.05, 0) is 37.0 Å². The van der Waals surface area contributed by atoms with Crippen molar-refractivity contribution in [1.82, 2.24) is 0 Å². The van der Waals surface area contributed by atoms with Crippen LogP contribution < -0.4 is 0 Å². The van der Waals surface area contributed by atoms with Crippen molar-refractivity contribution in [2.24, 2.45) is 17.8 Å². The van der Waals surface area contributed by atoms with Gasteiger partial charge in [0.2, 0.25) is 0 Å². The minimum Gasteiger partial charge on any atom is -0.0772 e. The molecule has 2 aliphatic rings. The summed E-state index contributed by atoms with van der Waals surface area (Å²) < 4.78 is 0. The van der Waals surface area contributed by atoms with Crippen molar-refractivity contribution in [2.75, 3.05) is 0 Å². The first-order chi connectivity index (χ1) is 4.81. The van der Waals surface area contributed by atoms with E-state index in [4.69, 9.17) is 0 Å². The molecule has 0 aromatic rings. The second kappa shape index (κ2) is 2.11. The van der Waals surface area contributed by atoms with E-state index in [1.807, 2.05) is 0 Å². The predicted molar refractivity (Wildman–Crippen MR) is 43.8 cm³/mol. The molecule has 0 saturated heterocycles. The van der Waals surface area contributed by atoms with E-state index < -0.39 is 0 Å². The molecule has 2 unspecified atom stereocenters. The zero-order chi connectivity index (χ0) is 7.14. The van der Waals surface area contributed by atoms with Crippen molar-refractivity contribution in [1.29, 1.82) is 0 Å². The number of allylic oxidation sites excluding steroid dienone is 2. The fourth-order valence-electron chi connectivity index (χ4n) is 2.38. The second-order valence-corrected chi connectivity index (χ2v) is 3.95. The number of hydrogen-bond acceptors (Lipinski definition) is 0. The van der Waals surface area contributed by atoms with Crippen LogP contribution in [0.25, 0.3) is 0 Å². The van der Waals surface area contributed by atoms with Gasteiger partial charge in [0.1, 0.15) is 0 Å². The molecule has 0 bridgehead atoms. The van der Waals surface area contributed by atoms with Gasteiger partial charge in [-0.2, -0.15) is 0 Å². The molecular formula is C10H16. The van der Waals surface area contributed by atoms with Crippen LogP contribution in [0.15, 0.2) is 11.6 Å². The number of fused-ring (bicyclic) bond motifs is 1. The zero-order valence-electron chi connectivity index (χ0n) is 6.93. The van der Waals surface area contributed by atoms with Gasteiger partial charge >= 0.3 is 0 Å². The van der Waals surface area contributed by atoms with E-state index in [-0.39, 0.29) is 0 Å². The Hall–Kier alpha value is -0.260. The zero-order valence-corrected chi connectivity index (χ0v) is 6.93. The molecule has 3 atom stereocenters. The SMILES string of the molecule is CCC1CC(C)C[C@@H]2C=C12. The highest BCUT2D eigenvalue weighted by atomic mass is 14.4. The quantitative estimate of drug-likeness (QED) is 0.486. The van der Waals surface area contributed by atoms with Crippen LogP contribution in [0.4, 0.5) is 0 Å². The van der Waals surface area contributed by atoms with Crippen LogP contribution in [0, 0.1) is 17.8 Å². The molecule has 0 aliphatic heterocycles. The maximum atomic E-state index is 2.48. The van der Waals surface area contributed by atoms with Crippen molar-refractivity contribution in [3.05, 3.63) is 11.6 Å². The number of rotatable bonds is 1. The van der Waals surface area contributed by atoms with Crippen LogP contribution in [0.3, 0.4) is 0 Å². The summed E-state index contributed by atoms with van der Waals surface area (Å²) in [5.74, 6) is 2.90. The molecule has 0 aromatic heterocycles. The molecule has 0 heterocycles. The van der Waals surface area contributed by atoms with Crippen molar-refractivity contribution in [2.45, 2.75) is 33.1 Å². The Bertz CT molecular complexity index is 167. The van der Waals surface area contributed by atoms with Crippen LogP contribution in [-0.2, 0) is 0 Å². The Morgan fingerprint density at radius 3 is 3.00 bits per heavy atom. The predicted octanol–water partition coefficient (Wildman–Crippen LogP) is 3.00. The standard InChI is InChI=1S/C10H16/c1-3-8-4-7(2)5-9-6-10(8)9/h6-9H,3-5H2,1-2H3/t7?,8?,9-/m1/s1. The summed E-state index contributed by atoms with van der Waals surface area (Å²) in [6, 6.07) is 0. The summed E-state index contributed by atoms with van der Waals surface area (Å²) in [6.07, 6.45) is 6.76. The molecule has 0 aromatic carbocycles. The molecule has 1 saturated carbocycles. The van der Waals surface area contributed by atoms with E-state index >= 15 is 0 Å². The van der Waals surface area contributed by atoms with E-state index in [2.05, 4.69) is 19.9 Å². The molecule has 2 aliphatic carbocycles. The van der Waals surface area contributed by atoms with E-state index in [1.165, 1.54) is 19.3 Å².